The molecule has 0 saturated carbocycles. The van der Waals surface area contributed by atoms with Crippen molar-refractivity contribution in [1.82, 2.24) is 8.75 Å². The van der Waals surface area contributed by atoms with Crippen molar-refractivity contribution < 1.29 is 9.52 Å². The Morgan fingerprint density at radius 1 is 1.64 bits per heavy atom. The molecule has 0 amide bonds. The van der Waals surface area contributed by atoms with E-state index in [1.54, 1.807) is 12.3 Å². The molecule has 0 fully saturated rings. The molecule has 1 N–H and O–H groups in total. The second-order valence-corrected chi connectivity index (χ2v) is 4.05. The van der Waals surface area contributed by atoms with Gasteiger partial charge in [0.15, 0.2) is 4.67 Å². The number of aliphatic hydroxyl groups is 1. The van der Waals surface area contributed by atoms with E-state index in [4.69, 9.17) is 4.42 Å². The summed E-state index contributed by atoms with van der Waals surface area (Å²) in [4.78, 5) is 0. The second kappa shape index (κ2) is 4.20. The molecule has 0 bridgehead atoms. The quantitative estimate of drug-likeness (QED) is 0.932. The molecule has 0 spiro atoms. The summed E-state index contributed by atoms with van der Waals surface area (Å²) in [5, 5.41) is 9.81. The van der Waals surface area contributed by atoms with E-state index in [1.807, 2.05) is 0 Å². The molecule has 0 aliphatic rings. The summed E-state index contributed by atoms with van der Waals surface area (Å²) in [5.41, 5.74) is 1.52. The average Bonchev–Trinajstić information content (AvgIpc) is 2.75. The molecule has 74 valence electrons. The first kappa shape index (κ1) is 9.82. The highest BCUT2D eigenvalue weighted by molar-refractivity contribution is 9.10. The minimum atomic E-state index is -0.605. The van der Waals surface area contributed by atoms with Crippen LogP contribution in [-0.2, 0) is 6.42 Å². The van der Waals surface area contributed by atoms with Crippen LogP contribution in [0.5, 0.6) is 0 Å². The van der Waals surface area contributed by atoms with Crippen LogP contribution >= 0.6 is 27.7 Å². The normalized spacial score (nSPS) is 13.0. The summed E-state index contributed by atoms with van der Waals surface area (Å²) < 4.78 is 13.5. The smallest absolute Gasteiger partial charge is 0.174 e. The van der Waals surface area contributed by atoms with Crippen LogP contribution in [0.4, 0.5) is 0 Å². The molecular formula is C8H7BrN2O2S. The molecule has 2 rings (SSSR count). The molecule has 0 aliphatic carbocycles. The predicted molar refractivity (Wildman–Crippen MR) is 55.0 cm³/mol. The van der Waals surface area contributed by atoms with E-state index in [0.717, 1.165) is 23.0 Å². The predicted octanol–water partition coefficient (Wildman–Crippen LogP) is 2.17. The summed E-state index contributed by atoms with van der Waals surface area (Å²) >= 11 is 4.35. The van der Waals surface area contributed by atoms with Crippen molar-refractivity contribution in [3.63, 3.8) is 0 Å². The zero-order valence-corrected chi connectivity index (χ0v) is 9.46. The third-order valence-electron chi connectivity index (χ3n) is 1.81. The Kier molecular flexibility index (Phi) is 2.95. The highest BCUT2D eigenvalue weighted by Crippen LogP contribution is 2.26. The Hall–Kier alpha value is -0.720. The lowest BCUT2D eigenvalue weighted by Gasteiger charge is -2.05. The average molecular weight is 275 g/mol. The molecule has 0 saturated heterocycles. The maximum atomic E-state index is 9.81. The van der Waals surface area contributed by atoms with E-state index < -0.39 is 6.10 Å². The molecule has 0 radical (unpaired) electrons. The Bertz CT molecular complexity index is 401. The van der Waals surface area contributed by atoms with Gasteiger partial charge in [0.1, 0.15) is 0 Å². The highest BCUT2D eigenvalue weighted by atomic mass is 79.9. The van der Waals surface area contributed by atoms with Crippen molar-refractivity contribution in [2.75, 3.05) is 0 Å². The monoisotopic (exact) mass is 274 g/mol. The summed E-state index contributed by atoms with van der Waals surface area (Å²) in [5.74, 6) is 0. The Morgan fingerprint density at radius 2 is 2.50 bits per heavy atom. The minimum absolute atomic E-state index is 0.453. The van der Waals surface area contributed by atoms with Crippen LogP contribution in [-0.4, -0.2) is 13.9 Å². The molecule has 2 aromatic heterocycles. The van der Waals surface area contributed by atoms with Gasteiger partial charge in [0.05, 0.1) is 36.0 Å². The zero-order valence-electron chi connectivity index (χ0n) is 7.05. The first-order chi connectivity index (χ1) is 6.77. The minimum Gasteiger partial charge on any atom is -0.457 e. The van der Waals surface area contributed by atoms with Crippen molar-refractivity contribution in [1.29, 1.82) is 0 Å². The van der Waals surface area contributed by atoms with Crippen molar-refractivity contribution in [3.8, 4) is 0 Å². The van der Waals surface area contributed by atoms with Gasteiger partial charge in [0, 0.05) is 12.0 Å². The number of rotatable bonds is 3. The Balaban J connectivity index is 2.10. The lowest BCUT2D eigenvalue weighted by molar-refractivity contribution is 0.175. The van der Waals surface area contributed by atoms with Crippen LogP contribution < -0.4 is 0 Å². The molecule has 4 nitrogen and oxygen atoms in total. The fourth-order valence-corrected chi connectivity index (χ4v) is 2.07. The van der Waals surface area contributed by atoms with Crippen LogP contribution in [0.1, 0.15) is 17.4 Å². The van der Waals surface area contributed by atoms with Crippen molar-refractivity contribution in [3.05, 3.63) is 34.5 Å². The van der Waals surface area contributed by atoms with Gasteiger partial charge in [-0.1, -0.05) is 0 Å². The third-order valence-corrected chi connectivity index (χ3v) is 2.98. The molecule has 2 heterocycles. The zero-order chi connectivity index (χ0) is 9.97. The third kappa shape index (κ3) is 2.02. The standard InChI is InChI=1S/C8H7BrN2O2S/c9-8-6(1-2-13-8)7(12)3-5-4-10-14-11-5/h1-2,4,7,12H,3H2. The van der Waals surface area contributed by atoms with Crippen LogP contribution in [0.15, 0.2) is 27.6 Å². The fourth-order valence-electron chi connectivity index (χ4n) is 1.12. The molecule has 0 aliphatic heterocycles. The van der Waals surface area contributed by atoms with E-state index in [0.29, 0.717) is 11.1 Å². The molecule has 1 atom stereocenters. The maximum Gasteiger partial charge on any atom is 0.174 e. The summed E-state index contributed by atoms with van der Waals surface area (Å²) in [7, 11) is 0. The lowest BCUT2D eigenvalue weighted by atomic mass is 10.1. The number of halogens is 1. The number of aliphatic hydroxyl groups excluding tert-OH is 1. The van der Waals surface area contributed by atoms with E-state index in [-0.39, 0.29) is 0 Å². The fraction of sp³-hybridized carbons (Fsp3) is 0.250. The van der Waals surface area contributed by atoms with E-state index in [9.17, 15) is 5.11 Å². The van der Waals surface area contributed by atoms with Crippen LogP contribution in [0, 0.1) is 0 Å². The highest BCUT2D eigenvalue weighted by Gasteiger charge is 2.15. The second-order valence-electron chi connectivity index (χ2n) is 2.77. The van der Waals surface area contributed by atoms with E-state index >= 15 is 0 Å². The summed E-state index contributed by atoms with van der Waals surface area (Å²) in [6, 6.07) is 1.73. The molecule has 6 heteroatoms. The van der Waals surface area contributed by atoms with Crippen LogP contribution in [0.25, 0.3) is 0 Å². The topological polar surface area (TPSA) is 59.2 Å². The molecule has 1 unspecified atom stereocenters. The van der Waals surface area contributed by atoms with E-state index in [2.05, 4.69) is 24.7 Å². The number of aromatic nitrogens is 2. The number of hydrogen-bond donors (Lipinski definition) is 1. The largest absolute Gasteiger partial charge is 0.457 e. The van der Waals surface area contributed by atoms with Crippen molar-refractivity contribution >= 4 is 27.7 Å². The summed E-state index contributed by atoms with van der Waals surface area (Å²) in [6.45, 7) is 0. The molecule has 0 aromatic carbocycles. The Labute approximate surface area is 93.0 Å². The summed E-state index contributed by atoms with van der Waals surface area (Å²) in [6.07, 6.45) is 3.03. The van der Waals surface area contributed by atoms with Gasteiger partial charge in [-0.3, -0.25) is 0 Å². The molecule has 14 heavy (non-hydrogen) atoms. The van der Waals surface area contributed by atoms with Gasteiger partial charge in [-0.15, -0.1) is 0 Å². The van der Waals surface area contributed by atoms with Gasteiger partial charge >= 0.3 is 0 Å². The number of furan rings is 1. The Morgan fingerprint density at radius 3 is 3.07 bits per heavy atom. The first-order valence-corrected chi connectivity index (χ1v) is 5.47. The van der Waals surface area contributed by atoms with Crippen molar-refractivity contribution in [2.24, 2.45) is 0 Å². The molecule has 2 aromatic rings. The van der Waals surface area contributed by atoms with Gasteiger partial charge in [0.2, 0.25) is 0 Å². The lowest BCUT2D eigenvalue weighted by Crippen LogP contribution is -2.01. The van der Waals surface area contributed by atoms with Gasteiger partial charge in [-0.05, 0) is 22.0 Å². The first-order valence-electron chi connectivity index (χ1n) is 3.95. The van der Waals surface area contributed by atoms with Crippen LogP contribution in [0.3, 0.4) is 0 Å². The van der Waals surface area contributed by atoms with Gasteiger partial charge in [-0.25, -0.2) is 0 Å². The van der Waals surface area contributed by atoms with Gasteiger partial charge in [-0.2, -0.15) is 8.75 Å². The SMILES string of the molecule is OC(Cc1cnsn1)c1ccoc1Br. The number of hydrogen-bond acceptors (Lipinski definition) is 5. The van der Waals surface area contributed by atoms with Gasteiger partial charge in [0.25, 0.3) is 0 Å². The number of nitrogens with zero attached hydrogens (tertiary/aromatic N) is 2. The van der Waals surface area contributed by atoms with Crippen LogP contribution in [0.2, 0.25) is 0 Å². The van der Waals surface area contributed by atoms with E-state index in [1.165, 1.54) is 6.26 Å². The molecular weight excluding hydrogens is 268 g/mol. The van der Waals surface area contributed by atoms with Crippen molar-refractivity contribution in [2.45, 2.75) is 12.5 Å². The maximum absolute atomic E-state index is 9.81. The van der Waals surface area contributed by atoms with Gasteiger partial charge < -0.3 is 9.52 Å².